The van der Waals surface area contributed by atoms with Crippen LogP contribution in [0.5, 0.6) is 5.75 Å². The van der Waals surface area contributed by atoms with Gasteiger partial charge in [-0.15, -0.1) is 0 Å². The van der Waals surface area contributed by atoms with E-state index in [1.807, 2.05) is 12.1 Å². The van der Waals surface area contributed by atoms with Crippen LogP contribution in [0.4, 0.5) is 0 Å². The molecule has 0 aliphatic heterocycles. The molecule has 2 nitrogen and oxygen atoms in total. The zero-order valence-electron chi connectivity index (χ0n) is 10.7. The summed E-state index contributed by atoms with van der Waals surface area (Å²) < 4.78 is 5.63. The lowest BCUT2D eigenvalue weighted by atomic mass is 10.0. The molecule has 1 fully saturated rings. The predicted molar refractivity (Wildman–Crippen MR) is 71.1 cm³/mol. The molecular weight excluding hydrogens is 210 g/mol. The summed E-state index contributed by atoms with van der Waals surface area (Å²) in [5.41, 5.74) is 7.40. The van der Waals surface area contributed by atoms with Crippen molar-refractivity contribution in [3.8, 4) is 5.75 Å². The van der Waals surface area contributed by atoms with E-state index < -0.39 is 0 Å². The summed E-state index contributed by atoms with van der Waals surface area (Å²) in [6.07, 6.45) is 6.15. The number of hydrogen-bond acceptors (Lipinski definition) is 2. The summed E-state index contributed by atoms with van der Waals surface area (Å²) in [7, 11) is 0. The molecule has 1 atom stereocenters. The normalized spacial score (nSPS) is 16.8. The van der Waals surface area contributed by atoms with Crippen molar-refractivity contribution in [3.63, 3.8) is 0 Å². The molecule has 2 rings (SSSR count). The van der Waals surface area contributed by atoms with E-state index >= 15 is 0 Å². The fraction of sp³-hybridized carbons (Fsp3) is 0.600. The zero-order chi connectivity index (χ0) is 12.1. The average molecular weight is 233 g/mol. The number of rotatable bonds is 7. The summed E-state index contributed by atoms with van der Waals surface area (Å²) in [6.45, 7) is 2.98. The van der Waals surface area contributed by atoms with E-state index in [-0.39, 0.29) is 6.04 Å². The molecule has 0 amide bonds. The van der Waals surface area contributed by atoms with Crippen LogP contribution in [0.3, 0.4) is 0 Å². The Morgan fingerprint density at radius 1 is 1.29 bits per heavy atom. The fourth-order valence-electron chi connectivity index (χ4n) is 1.99. The van der Waals surface area contributed by atoms with Crippen molar-refractivity contribution >= 4 is 0 Å². The van der Waals surface area contributed by atoms with Crippen LogP contribution in [0.25, 0.3) is 0 Å². The summed E-state index contributed by atoms with van der Waals surface area (Å²) in [5.74, 6) is 1.84. The molecule has 1 unspecified atom stereocenters. The van der Waals surface area contributed by atoms with Crippen molar-refractivity contribution in [3.05, 3.63) is 29.8 Å². The van der Waals surface area contributed by atoms with Crippen LogP contribution >= 0.6 is 0 Å². The quantitative estimate of drug-likeness (QED) is 0.729. The molecule has 17 heavy (non-hydrogen) atoms. The van der Waals surface area contributed by atoms with Gasteiger partial charge in [0.2, 0.25) is 0 Å². The van der Waals surface area contributed by atoms with Gasteiger partial charge in [-0.1, -0.05) is 38.3 Å². The topological polar surface area (TPSA) is 35.2 Å². The van der Waals surface area contributed by atoms with Crippen LogP contribution in [0.2, 0.25) is 0 Å². The van der Waals surface area contributed by atoms with Gasteiger partial charge >= 0.3 is 0 Å². The second-order valence-corrected chi connectivity index (χ2v) is 5.06. The Kier molecular flexibility index (Phi) is 4.43. The SMILES string of the molecule is CCCCOc1ccc(C(N)CC2CC2)cc1. The van der Waals surface area contributed by atoms with Crippen LogP contribution in [0.1, 0.15) is 50.6 Å². The summed E-state index contributed by atoms with van der Waals surface area (Å²) in [4.78, 5) is 0. The third-order valence-electron chi connectivity index (χ3n) is 3.36. The van der Waals surface area contributed by atoms with E-state index in [9.17, 15) is 0 Å². The highest BCUT2D eigenvalue weighted by Crippen LogP contribution is 2.36. The molecule has 1 aromatic carbocycles. The molecule has 1 aromatic rings. The van der Waals surface area contributed by atoms with Crippen LogP contribution in [-0.2, 0) is 0 Å². The third kappa shape index (κ3) is 4.04. The minimum atomic E-state index is 0.201. The van der Waals surface area contributed by atoms with Crippen molar-refractivity contribution in [1.82, 2.24) is 0 Å². The first kappa shape index (κ1) is 12.4. The molecule has 0 radical (unpaired) electrons. The first-order valence-electron chi connectivity index (χ1n) is 6.78. The second kappa shape index (κ2) is 6.06. The van der Waals surface area contributed by atoms with Gasteiger partial charge in [-0.3, -0.25) is 0 Å². The van der Waals surface area contributed by atoms with E-state index in [1.54, 1.807) is 0 Å². The minimum Gasteiger partial charge on any atom is -0.494 e. The molecule has 94 valence electrons. The minimum absolute atomic E-state index is 0.201. The molecular formula is C15H23NO. The number of unbranched alkanes of at least 4 members (excludes halogenated alkanes) is 1. The van der Waals surface area contributed by atoms with Gasteiger partial charge in [0.05, 0.1) is 6.61 Å². The molecule has 1 saturated carbocycles. The molecule has 0 heterocycles. The van der Waals surface area contributed by atoms with Crippen molar-refractivity contribution in [2.24, 2.45) is 11.7 Å². The van der Waals surface area contributed by atoms with Crippen molar-refractivity contribution in [2.75, 3.05) is 6.61 Å². The maximum Gasteiger partial charge on any atom is 0.119 e. The summed E-state index contributed by atoms with van der Waals surface area (Å²) >= 11 is 0. The molecule has 2 N–H and O–H groups in total. The van der Waals surface area contributed by atoms with E-state index in [1.165, 1.54) is 24.8 Å². The number of benzene rings is 1. The molecule has 0 spiro atoms. The fourth-order valence-corrected chi connectivity index (χ4v) is 1.99. The van der Waals surface area contributed by atoms with Crippen molar-refractivity contribution in [1.29, 1.82) is 0 Å². The lowest BCUT2D eigenvalue weighted by molar-refractivity contribution is 0.309. The number of hydrogen-bond donors (Lipinski definition) is 1. The maximum atomic E-state index is 6.17. The smallest absolute Gasteiger partial charge is 0.119 e. The highest BCUT2D eigenvalue weighted by molar-refractivity contribution is 5.29. The maximum absolute atomic E-state index is 6.17. The molecule has 2 heteroatoms. The summed E-state index contributed by atoms with van der Waals surface area (Å²) in [5, 5.41) is 0. The van der Waals surface area contributed by atoms with Gasteiger partial charge < -0.3 is 10.5 Å². The van der Waals surface area contributed by atoms with Crippen molar-refractivity contribution in [2.45, 2.75) is 45.1 Å². The summed E-state index contributed by atoms with van der Waals surface area (Å²) in [6, 6.07) is 8.49. The van der Waals surface area contributed by atoms with Gasteiger partial charge in [0.1, 0.15) is 5.75 Å². The standard InChI is InChI=1S/C15H23NO/c1-2-3-10-17-14-8-6-13(7-9-14)15(16)11-12-4-5-12/h6-9,12,15H,2-5,10-11,16H2,1H3. The highest BCUT2D eigenvalue weighted by Gasteiger charge is 2.24. The van der Waals surface area contributed by atoms with Crippen molar-refractivity contribution < 1.29 is 4.74 Å². The Balaban J connectivity index is 1.83. The molecule has 0 aromatic heterocycles. The third-order valence-corrected chi connectivity index (χ3v) is 3.36. The lowest BCUT2D eigenvalue weighted by Crippen LogP contribution is -2.10. The largest absolute Gasteiger partial charge is 0.494 e. The zero-order valence-corrected chi connectivity index (χ0v) is 10.7. The van der Waals surface area contributed by atoms with Crippen LogP contribution in [-0.4, -0.2) is 6.61 Å². The molecule has 0 saturated heterocycles. The first-order valence-corrected chi connectivity index (χ1v) is 6.78. The van der Waals surface area contributed by atoms with E-state index in [0.29, 0.717) is 0 Å². The van der Waals surface area contributed by atoms with E-state index in [4.69, 9.17) is 10.5 Å². The number of ether oxygens (including phenoxy) is 1. The average Bonchev–Trinajstić information content (AvgIpc) is 3.14. The van der Waals surface area contributed by atoms with Crippen LogP contribution < -0.4 is 10.5 Å². The van der Waals surface area contributed by atoms with Crippen LogP contribution in [0, 0.1) is 5.92 Å². The van der Waals surface area contributed by atoms with Gasteiger partial charge in [0.15, 0.2) is 0 Å². The monoisotopic (exact) mass is 233 g/mol. The Morgan fingerprint density at radius 3 is 2.59 bits per heavy atom. The van der Waals surface area contributed by atoms with Crippen LogP contribution in [0.15, 0.2) is 24.3 Å². The van der Waals surface area contributed by atoms with E-state index in [2.05, 4.69) is 19.1 Å². The molecule has 1 aliphatic carbocycles. The number of nitrogens with two attached hydrogens (primary N) is 1. The van der Waals surface area contributed by atoms with Gasteiger partial charge in [-0.05, 0) is 36.5 Å². The van der Waals surface area contributed by atoms with Gasteiger partial charge in [0.25, 0.3) is 0 Å². The van der Waals surface area contributed by atoms with Gasteiger partial charge in [-0.2, -0.15) is 0 Å². The Hall–Kier alpha value is -1.02. The Labute approximate surface area is 104 Å². The van der Waals surface area contributed by atoms with E-state index in [0.717, 1.165) is 31.1 Å². The Bertz CT molecular complexity index is 329. The molecule has 1 aliphatic rings. The predicted octanol–water partition coefficient (Wildman–Crippen LogP) is 3.67. The Morgan fingerprint density at radius 2 is 2.00 bits per heavy atom. The van der Waals surface area contributed by atoms with Gasteiger partial charge in [-0.25, -0.2) is 0 Å². The lowest BCUT2D eigenvalue weighted by Gasteiger charge is -2.12. The second-order valence-electron chi connectivity index (χ2n) is 5.06. The first-order chi connectivity index (χ1) is 8.29. The molecule has 0 bridgehead atoms. The van der Waals surface area contributed by atoms with Gasteiger partial charge in [0, 0.05) is 6.04 Å². The highest BCUT2D eigenvalue weighted by atomic mass is 16.5.